The summed E-state index contributed by atoms with van der Waals surface area (Å²) in [6, 6.07) is 0. The van der Waals surface area contributed by atoms with Crippen molar-refractivity contribution in [3.63, 3.8) is 0 Å². The first-order valence-electron chi connectivity index (χ1n) is 19.2. The van der Waals surface area contributed by atoms with Crippen molar-refractivity contribution >= 4 is 14.1 Å². The van der Waals surface area contributed by atoms with Gasteiger partial charge in [0.15, 0.2) is 0 Å². The van der Waals surface area contributed by atoms with Crippen molar-refractivity contribution in [1.29, 1.82) is 0 Å². The van der Waals surface area contributed by atoms with Gasteiger partial charge < -0.3 is 0 Å². The summed E-state index contributed by atoms with van der Waals surface area (Å²) in [7, 11) is 0. The van der Waals surface area contributed by atoms with Gasteiger partial charge in [0, 0.05) is 0 Å². The van der Waals surface area contributed by atoms with Gasteiger partial charge in [-0.2, -0.15) is 0 Å². The highest BCUT2D eigenvalue weighted by molar-refractivity contribution is 6.58. The summed E-state index contributed by atoms with van der Waals surface area (Å²) in [6.07, 6.45) is 25.8. The van der Waals surface area contributed by atoms with Crippen molar-refractivity contribution in [3.05, 3.63) is 0 Å². The van der Waals surface area contributed by atoms with Crippen LogP contribution in [0.15, 0.2) is 0 Å². The van der Waals surface area contributed by atoms with Crippen molar-refractivity contribution < 1.29 is 0 Å². The lowest BCUT2D eigenvalue weighted by Gasteiger charge is -2.45. The lowest BCUT2D eigenvalue weighted by molar-refractivity contribution is 0.0698. The van der Waals surface area contributed by atoms with E-state index in [2.05, 4.69) is 76.2 Å². The molecular weight excluding hydrogens is 495 g/mol. The molecule has 0 saturated heterocycles. The van der Waals surface area contributed by atoms with Gasteiger partial charge in [0.2, 0.25) is 0 Å². The SMILES string of the molecule is CCCC(CCC)C(C)CC(C[CH2][Al]([CH2]CC)[CH2]CC)(CC(C)C(CCC)CCC)CC(C)C(CCC)CCC. The zero-order chi connectivity index (χ0) is 30.4. The van der Waals surface area contributed by atoms with Crippen LogP contribution >= 0.6 is 0 Å². The highest BCUT2D eigenvalue weighted by atomic mass is 27.2. The summed E-state index contributed by atoms with van der Waals surface area (Å²) in [4.78, 5) is 0. The molecule has 0 heterocycles. The fraction of sp³-hybridized carbons (Fsp3) is 1.00. The molecule has 0 amide bonds. The topological polar surface area (TPSA) is 0 Å². The van der Waals surface area contributed by atoms with E-state index in [0.29, 0.717) is 5.41 Å². The van der Waals surface area contributed by atoms with E-state index in [1.54, 1.807) is 22.3 Å². The molecule has 0 aliphatic rings. The summed E-state index contributed by atoms with van der Waals surface area (Å²) in [5.41, 5.74) is 0.560. The third-order valence-corrected chi connectivity index (χ3v) is 15.0. The Bertz CT molecular complexity index is 457. The van der Waals surface area contributed by atoms with Gasteiger partial charge in [-0.3, -0.25) is 0 Å². The van der Waals surface area contributed by atoms with E-state index in [1.807, 2.05) is 0 Å². The molecule has 0 aromatic heterocycles. The van der Waals surface area contributed by atoms with Crippen LogP contribution in [0.1, 0.15) is 192 Å². The second kappa shape index (κ2) is 24.9. The molecule has 0 spiro atoms. The molecule has 0 aliphatic heterocycles. The van der Waals surface area contributed by atoms with Crippen LogP contribution in [0.3, 0.4) is 0 Å². The summed E-state index contributed by atoms with van der Waals surface area (Å²) in [6.45, 7) is 27.6. The molecule has 0 saturated carbocycles. The molecule has 0 aliphatic carbocycles. The summed E-state index contributed by atoms with van der Waals surface area (Å²) >= 11 is -0.623. The average molecular weight is 577 g/mol. The minimum Gasteiger partial charge on any atom is -0.0941 e. The summed E-state index contributed by atoms with van der Waals surface area (Å²) in [5.74, 6) is 5.44. The molecule has 3 atom stereocenters. The van der Waals surface area contributed by atoms with Crippen molar-refractivity contribution in [1.82, 2.24) is 0 Å². The Labute approximate surface area is 261 Å². The van der Waals surface area contributed by atoms with Crippen LogP contribution in [0.2, 0.25) is 15.8 Å². The molecule has 0 N–H and O–H groups in total. The highest BCUT2D eigenvalue weighted by Gasteiger charge is 2.39. The Hall–Kier alpha value is 0.532. The highest BCUT2D eigenvalue weighted by Crippen LogP contribution is 2.50. The molecule has 0 nitrogen and oxygen atoms in total. The second-order valence-corrected chi connectivity index (χ2v) is 18.5. The van der Waals surface area contributed by atoms with Gasteiger partial charge in [-0.15, -0.1) is 0 Å². The Morgan fingerprint density at radius 2 is 0.675 bits per heavy atom. The molecule has 0 radical (unpaired) electrons. The minimum atomic E-state index is -0.623. The normalized spacial score (nSPS) is 16.1. The van der Waals surface area contributed by atoms with E-state index < -0.39 is 14.1 Å². The summed E-state index contributed by atoms with van der Waals surface area (Å²) in [5, 5.41) is 4.79. The first kappa shape index (κ1) is 40.5. The maximum atomic E-state index is 2.69. The average Bonchev–Trinajstić information content (AvgIpc) is 2.91. The molecule has 0 bridgehead atoms. The second-order valence-electron chi connectivity index (χ2n) is 15.0. The van der Waals surface area contributed by atoms with E-state index in [-0.39, 0.29) is 0 Å². The van der Waals surface area contributed by atoms with Gasteiger partial charge >= 0.3 is 0 Å². The molecule has 3 unspecified atom stereocenters. The van der Waals surface area contributed by atoms with Crippen LogP contribution in [0.5, 0.6) is 0 Å². The predicted molar refractivity (Wildman–Crippen MR) is 189 cm³/mol. The molecule has 0 rings (SSSR count). The van der Waals surface area contributed by atoms with Crippen molar-refractivity contribution in [2.75, 3.05) is 0 Å². The van der Waals surface area contributed by atoms with Gasteiger partial charge in [-0.05, 0) is 60.2 Å². The lowest BCUT2D eigenvalue weighted by Crippen LogP contribution is -2.34. The van der Waals surface area contributed by atoms with E-state index in [4.69, 9.17) is 0 Å². The van der Waals surface area contributed by atoms with Gasteiger partial charge in [-0.1, -0.05) is 188 Å². The first-order chi connectivity index (χ1) is 19.2. The largest absolute Gasteiger partial charge is 0.261 e. The standard InChI is InChI=1S/C33H67.2C3H7.Al/c1-11-18-30(19-12-2)27(8)24-33(17-7,25-28(9)31(20-13-3)21-14-4)26-29(10)32(22-15-5)23-16-6;2*1-3-2;/h27-32H,7,11-26H2,1-6,8-10H3;2*1,3H2,2H3;. The van der Waals surface area contributed by atoms with Crippen LogP contribution in [-0.4, -0.2) is 14.1 Å². The van der Waals surface area contributed by atoms with Gasteiger partial charge in [0.1, 0.15) is 0 Å². The zero-order valence-corrected chi connectivity index (χ0v) is 31.5. The molecule has 0 aromatic carbocycles. The third kappa shape index (κ3) is 16.4. The Morgan fingerprint density at radius 1 is 0.400 bits per heavy atom. The van der Waals surface area contributed by atoms with E-state index in [9.17, 15) is 0 Å². The molecule has 1 heteroatoms. The smallest absolute Gasteiger partial charge is 0.0941 e. The molecule has 40 heavy (non-hydrogen) atoms. The predicted octanol–water partition coefficient (Wildman–Crippen LogP) is 14.4. The Kier molecular flexibility index (Phi) is 25.3. The Morgan fingerprint density at radius 3 is 0.900 bits per heavy atom. The maximum Gasteiger partial charge on any atom is 0.261 e. The van der Waals surface area contributed by atoms with Crippen LogP contribution in [0.4, 0.5) is 0 Å². The van der Waals surface area contributed by atoms with Crippen LogP contribution < -0.4 is 0 Å². The third-order valence-electron chi connectivity index (χ3n) is 11.1. The Balaban J connectivity index is 6.56. The van der Waals surface area contributed by atoms with Gasteiger partial charge in [-0.25, -0.2) is 0 Å². The molecule has 0 fully saturated rings. The molecular formula is C39H81Al. The van der Waals surface area contributed by atoms with Crippen molar-refractivity contribution in [2.24, 2.45) is 40.9 Å². The minimum absolute atomic E-state index is 0.560. The quantitative estimate of drug-likeness (QED) is 0.0812. The summed E-state index contributed by atoms with van der Waals surface area (Å²) < 4.78 is 0. The van der Waals surface area contributed by atoms with Gasteiger partial charge in [0.25, 0.3) is 14.1 Å². The van der Waals surface area contributed by atoms with Crippen LogP contribution in [0.25, 0.3) is 0 Å². The number of hydrogen-bond donors (Lipinski definition) is 0. The van der Waals surface area contributed by atoms with Crippen LogP contribution in [0, 0.1) is 40.9 Å². The van der Waals surface area contributed by atoms with E-state index >= 15 is 0 Å². The number of hydrogen-bond acceptors (Lipinski definition) is 0. The molecule has 240 valence electrons. The maximum absolute atomic E-state index is 2.69. The van der Waals surface area contributed by atoms with Gasteiger partial charge in [0.05, 0.1) is 0 Å². The van der Waals surface area contributed by atoms with Crippen molar-refractivity contribution in [2.45, 2.75) is 208 Å². The van der Waals surface area contributed by atoms with Crippen molar-refractivity contribution in [3.8, 4) is 0 Å². The fourth-order valence-corrected chi connectivity index (χ4v) is 12.7. The molecule has 0 aromatic rings. The zero-order valence-electron chi connectivity index (χ0n) is 30.4. The lowest BCUT2D eigenvalue weighted by atomic mass is 9.61. The number of rotatable bonds is 28. The van der Waals surface area contributed by atoms with E-state index in [0.717, 1.165) is 35.5 Å². The fourth-order valence-electron chi connectivity index (χ4n) is 9.23. The monoisotopic (exact) mass is 577 g/mol. The van der Waals surface area contributed by atoms with E-state index in [1.165, 1.54) is 109 Å². The first-order valence-corrected chi connectivity index (χ1v) is 21.7. The van der Waals surface area contributed by atoms with Crippen LogP contribution in [-0.2, 0) is 0 Å².